The van der Waals surface area contributed by atoms with E-state index >= 15 is 0 Å². The molecule has 2 heterocycles. The van der Waals surface area contributed by atoms with Crippen molar-refractivity contribution in [1.29, 1.82) is 0 Å². The van der Waals surface area contributed by atoms with Crippen molar-refractivity contribution in [3.05, 3.63) is 29.8 Å². The van der Waals surface area contributed by atoms with Gasteiger partial charge in [0.25, 0.3) is 5.89 Å². The summed E-state index contributed by atoms with van der Waals surface area (Å²) in [6, 6.07) is 3.40. The fourth-order valence-corrected chi connectivity index (χ4v) is 3.05. The van der Waals surface area contributed by atoms with Gasteiger partial charge in [-0.25, -0.2) is 12.8 Å². The van der Waals surface area contributed by atoms with Crippen LogP contribution in [0.4, 0.5) is 4.39 Å². The Labute approximate surface area is 121 Å². The van der Waals surface area contributed by atoms with Crippen LogP contribution in [0.2, 0.25) is 0 Å². The van der Waals surface area contributed by atoms with Crippen molar-refractivity contribution in [2.75, 3.05) is 19.3 Å². The number of halogens is 1. The summed E-state index contributed by atoms with van der Waals surface area (Å²) in [5.41, 5.74) is 0.1000. The second kappa shape index (κ2) is 5.19. The van der Waals surface area contributed by atoms with Crippen LogP contribution in [0, 0.1) is 11.7 Å². The van der Waals surface area contributed by atoms with Gasteiger partial charge in [-0.3, -0.25) is 0 Å². The Morgan fingerprint density at radius 3 is 2.81 bits per heavy atom. The standard InChI is InChI=1S/C13H14FN3O3S/c1-21(18,19)11-3-2-9(14)5-10(11)13-16-12(17-20-13)4-8-6-15-7-8/h2-3,5,8,15H,4,6-7H2,1H3. The summed E-state index contributed by atoms with van der Waals surface area (Å²) in [5.74, 6) is 0.426. The van der Waals surface area contributed by atoms with Crippen molar-refractivity contribution < 1.29 is 17.3 Å². The summed E-state index contributed by atoms with van der Waals surface area (Å²) in [4.78, 5) is 4.16. The average Bonchev–Trinajstić information content (AvgIpc) is 2.80. The Morgan fingerprint density at radius 1 is 1.43 bits per heavy atom. The monoisotopic (exact) mass is 311 g/mol. The topological polar surface area (TPSA) is 85.1 Å². The lowest BCUT2D eigenvalue weighted by Gasteiger charge is -2.25. The van der Waals surface area contributed by atoms with Gasteiger partial charge in [0.15, 0.2) is 15.7 Å². The van der Waals surface area contributed by atoms with Crippen LogP contribution in [-0.2, 0) is 16.3 Å². The maximum atomic E-state index is 13.4. The minimum atomic E-state index is -3.51. The third-order valence-electron chi connectivity index (χ3n) is 3.38. The molecule has 0 aliphatic carbocycles. The summed E-state index contributed by atoms with van der Waals surface area (Å²) in [5, 5.41) is 6.98. The summed E-state index contributed by atoms with van der Waals surface area (Å²) >= 11 is 0. The molecule has 0 unspecified atom stereocenters. The number of benzene rings is 1. The number of sulfone groups is 1. The highest BCUT2D eigenvalue weighted by molar-refractivity contribution is 7.90. The lowest BCUT2D eigenvalue weighted by Crippen LogP contribution is -2.43. The fraction of sp³-hybridized carbons (Fsp3) is 0.385. The molecule has 0 spiro atoms. The van der Waals surface area contributed by atoms with E-state index in [1.54, 1.807) is 0 Å². The molecule has 1 aromatic heterocycles. The second-order valence-corrected chi connectivity index (χ2v) is 7.14. The maximum absolute atomic E-state index is 13.4. The maximum Gasteiger partial charge on any atom is 0.259 e. The van der Waals surface area contributed by atoms with Crippen LogP contribution in [-0.4, -0.2) is 37.9 Å². The zero-order valence-electron chi connectivity index (χ0n) is 11.3. The van der Waals surface area contributed by atoms with Gasteiger partial charge >= 0.3 is 0 Å². The van der Waals surface area contributed by atoms with Gasteiger partial charge in [0.05, 0.1) is 10.5 Å². The summed E-state index contributed by atoms with van der Waals surface area (Å²) in [7, 11) is -3.51. The van der Waals surface area contributed by atoms with Crippen LogP contribution >= 0.6 is 0 Å². The molecule has 0 atom stereocenters. The van der Waals surface area contributed by atoms with Crippen LogP contribution < -0.4 is 5.32 Å². The predicted octanol–water partition coefficient (Wildman–Crippen LogP) is 1.04. The Bertz CT molecular complexity index is 769. The Morgan fingerprint density at radius 2 is 2.19 bits per heavy atom. The first kappa shape index (κ1) is 14.2. The molecule has 6 nitrogen and oxygen atoms in total. The molecular formula is C13H14FN3O3S. The van der Waals surface area contributed by atoms with Crippen molar-refractivity contribution in [3.8, 4) is 11.5 Å². The zero-order valence-corrected chi connectivity index (χ0v) is 12.2. The lowest BCUT2D eigenvalue weighted by atomic mass is 9.99. The van der Waals surface area contributed by atoms with Gasteiger partial charge < -0.3 is 9.84 Å². The van der Waals surface area contributed by atoms with E-state index < -0.39 is 15.7 Å². The van der Waals surface area contributed by atoms with Crippen molar-refractivity contribution >= 4 is 9.84 Å². The SMILES string of the molecule is CS(=O)(=O)c1ccc(F)cc1-c1nc(CC2CNC2)no1. The molecule has 8 heteroatoms. The van der Waals surface area contributed by atoms with Crippen molar-refractivity contribution in [2.24, 2.45) is 5.92 Å². The van der Waals surface area contributed by atoms with E-state index in [9.17, 15) is 12.8 Å². The van der Waals surface area contributed by atoms with E-state index in [-0.39, 0.29) is 16.3 Å². The van der Waals surface area contributed by atoms with E-state index in [1.807, 2.05) is 0 Å². The van der Waals surface area contributed by atoms with E-state index in [4.69, 9.17) is 4.52 Å². The Balaban J connectivity index is 1.97. The normalized spacial score (nSPS) is 15.9. The molecule has 3 rings (SSSR count). The average molecular weight is 311 g/mol. The zero-order chi connectivity index (χ0) is 15.0. The largest absolute Gasteiger partial charge is 0.334 e. The van der Waals surface area contributed by atoms with Gasteiger partial charge in [-0.1, -0.05) is 5.16 Å². The molecule has 112 valence electrons. The number of nitrogens with zero attached hydrogens (tertiary/aromatic N) is 2. The molecule has 1 aliphatic rings. The molecule has 1 aromatic carbocycles. The van der Waals surface area contributed by atoms with Gasteiger partial charge in [-0.05, 0) is 37.2 Å². The van der Waals surface area contributed by atoms with E-state index in [1.165, 1.54) is 6.07 Å². The number of hydrogen-bond acceptors (Lipinski definition) is 6. The third-order valence-corrected chi connectivity index (χ3v) is 4.53. The van der Waals surface area contributed by atoms with Crippen LogP contribution in [0.5, 0.6) is 0 Å². The smallest absolute Gasteiger partial charge is 0.259 e. The number of aromatic nitrogens is 2. The molecular weight excluding hydrogens is 297 g/mol. The molecule has 1 saturated heterocycles. The van der Waals surface area contributed by atoms with E-state index in [2.05, 4.69) is 15.5 Å². The third kappa shape index (κ3) is 2.96. The molecule has 1 N–H and O–H groups in total. The Kier molecular flexibility index (Phi) is 3.50. The van der Waals surface area contributed by atoms with Gasteiger partial charge in [-0.15, -0.1) is 0 Å². The lowest BCUT2D eigenvalue weighted by molar-refractivity contribution is 0.333. The molecule has 21 heavy (non-hydrogen) atoms. The minimum absolute atomic E-state index is 0.0237. The van der Waals surface area contributed by atoms with E-state index in [0.717, 1.165) is 31.5 Å². The first-order valence-electron chi connectivity index (χ1n) is 6.47. The molecule has 1 fully saturated rings. The van der Waals surface area contributed by atoms with Crippen LogP contribution in [0.3, 0.4) is 0 Å². The quantitative estimate of drug-likeness (QED) is 0.849. The van der Waals surface area contributed by atoms with Crippen LogP contribution in [0.25, 0.3) is 11.5 Å². The van der Waals surface area contributed by atoms with E-state index in [0.29, 0.717) is 18.2 Å². The summed E-state index contributed by atoms with van der Waals surface area (Å²) in [6.07, 6.45) is 1.71. The molecule has 2 aromatic rings. The second-order valence-electron chi connectivity index (χ2n) is 5.16. The molecule has 0 bridgehead atoms. The summed E-state index contributed by atoms with van der Waals surface area (Å²) in [6.45, 7) is 1.80. The predicted molar refractivity (Wildman–Crippen MR) is 72.9 cm³/mol. The van der Waals surface area contributed by atoms with Crippen molar-refractivity contribution in [2.45, 2.75) is 11.3 Å². The fourth-order valence-electron chi connectivity index (χ4n) is 2.19. The van der Waals surface area contributed by atoms with Crippen LogP contribution in [0.15, 0.2) is 27.6 Å². The highest BCUT2D eigenvalue weighted by atomic mass is 32.2. The first-order chi connectivity index (χ1) is 9.93. The molecule has 1 aliphatic heterocycles. The minimum Gasteiger partial charge on any atom is -0.334 e. The first-order valence-corrected chi connectivity index (χ1v) is 8.36. The highest BCUT2D eigenvalue weighted by Crippen LogP contribution is 2.27. The number of rotatable bonds is 4. The van der Waals surface area contributed by atoms with Crippen LogP contribution in [0.1, 0.15) is 5.82 Å². The van der Waals surface area contributed by atoms with Gasteiger partial charge in [0.2, 0.25) is 0 Å². The number of nitrogens with one attached hydrogen (secondary N) is 1. The van der Waals surface area contributed by atoms with Crippen molar-refractivity contribution in [1.82, 2.24) is 15.5 Å². The Hall–Kier alpha value is -1.80. The number of hydrogen-bond donors (Lipinski definition) is 1. The summed E-state index contributed by atoms with van der Waals surface area (Å²) < 4.78 is 42.0. The highest BCUT2D eigenvalue weighted by Gasteiger charge is 2.23. The van der Waals surface area contributed by atoms with Gasteiger partial charge in [0.1, 0.15) is 5.82 Å². The molecule has 0 radical (unpaired) electrons. The van der Waals surface area contributed by atoms with Gasteiger partial charge in [0, 0.05) is 12.7 Å². The van der Waals surface area contributed by atoms with Gasteiger partial charge in [-0.2, -0.15) is 4.98 Å². The van der Waals surface area contributed by atoms with Crippen molar-refractivity contribution in [3.63, 3.8) is 0 Å². The molecule has 0 amide bonds. The molecule has 0 saturated carbocycles.